The van der Waals surface area contributed by atoms with Gasteiger partial charge in [0.15, 0.2) is 5.69 Å². The third-order valence-corrected chi connectivity index (χ3v) is 3.98. The van der Waals surface area contributed by atoms with Crippen molar-refractivity contribution in [2.45, 2.75) is 38.3 Å². The summed E-state index contributed by atoms with van der Waals surface area (Å²) in [6.07, 6.45) is 3.42. The van der Waals surface area contributed by atoms with Crippen LogP contribution in [0.25, 0.3) is 0 Å². The minimum Gasteiger partial charge on any atom is -0.374 e. The van der Waals surface area contributed by atoms with Gasteiger partial charge in [0.2, 0.25) is 0 Å². The van der Waals surface area contributed by atoms with Crippen molar-refractivity contribution >= 4 is 11.7 Å². The Morgan fingerprint density at radius 2 is 2.35 bits per heavy atom. The van der Waals surface area contributed by atoms with Crippen LogP contribution < -0.4 is 5.32 Å². The van der Waals surface area contributed by atoms with E-state index in [9.17, 15) is 4.79 Å². The maximum absolute atomic E-state index is 12.6. The van der Waals surface area contributed by atoms with Crippen molar-refractivity contribution in [3.05, 3.63) is 17.8 Å². The number of rotatable bonds is 3. The third kappa shape index (κ3) is 2.47. The van der Waals surface area contributed by atoms with Crippen LogP contribution in [0.5, 0.6) is 0 Å². The molecule has 0 bridgehead atoms. The highest BCUT2D eigenvalue weighted by molar-refractivity contribution is 5.92. The molecule has 2 unspecified atom stereocenters. The Morgan fingerprint density at radius 1 is 1.45 bits per heavy atom. The molecule has 0 spiro atoms. The first-order chi connectivity index (χ1) is 9.79. The van der Waals surface area contributed by atoms with E-state index in [1.807, 2.05) is 11.8 Å². The lowest BCUT2D eigenvalue weighted by Gasteiger charge is -2.37. The maximum atomic E-state index is 12.6. The average molecular weight is 276 g/mol. The molecule has 0 radical (unpaired) electrons. The van der Waals surface area contributed by atoms with E-state index in [1.165, 1.54) is 0 Å². The second-order valence-corrected chi connectivity index (χ2v) is 5.24. The maximum Gasteiger partial charge on any atom is 0.274 e. The van der Waals surface area contributed by atoms with Crippen LogP contribution in [0.2, 0.25) is 0 Å². The van der Waals surface area contributed by atoms with Crippen molar-refractivity contribution < 1.29 is 9.53 Å². The molecular weight excluding hydrogens is 256 g/mol. The molecule has 1 saturated carbocycles. The minimum absolute atomic E-state index is 0.0271. The van der Waals surface area contributed by atoms with E-state index >= 15 is 0 Å². The normalized spacial score (nSPS) is 25.4. The monoisotopic (exact) mass is 276 g/mol. The summed E-state index contributed by atoms with van der Waals surface area (Å²) in [5.74, 6) is 0.672. The molecule has 1 amide bonds. The van der Waals surface area contributed by atoms with Gasteiger partial charge in [0, 0.05) is 13.1 Å². The number of ether oxygens (including phenoxy) is 1. The molecule has 1 aromatic rings. The predicted molar refractivity (Wildman–Crippen MR) is 74.6 cm³/mol. The Balaban J connectivity index is 1.74. The molecule has 2 heterocycles. The first-order valence-corrected chi connectivity index (χ1v) is 7.29. The van der Waals surface area contributed by atoms with E-state index in [2.05, 4.69) is 15.5 Å². The van der Waals surface area contributed by atoms with Gasteiger partial charge in [0.1, 0.15) is 5.82 Å². The topological polar surface area (TPSA) is 67.4 Å². The zero-order valence-corrected chi connectivity index (χ0v) is 11.7. The molecule has 2 aliphatic rings. The molecule has 1 N–H and O–H groups in total. The van der Waals surface area contributed by atoms with Gasteiger partial charge >= 0.3 is 0 Å². The quantitative estimate of drug-likeness (QED) is 0.901. The van der Waals surface area contributed by atoms with Gasteiger partial charge in [-0.3, -0.25) is 4.79 Å². The Kier molecular flexibility index (Phi) is 3.82. The second kappa shape index (κ2) is 5.75. The molecule has 3 rings (SSSR count). The molecule has 1 aliphatic heterocycles. The van der Waals surface area contributed by atoms with Crippen molar-refractivity contribution in [3.8, 4) is 0 Å². The van der Waals surface area contributed by atoms with Crippen LogP contribution in [0.4, 0.5) is 5.82 Å². The lowest BCUT2D eigenvalue weighted by molar-refractivity contribution is -0.0447. The van der Waals surface area contributed by atoms with Crippen LogP contribution >= 0.6 is 0 Å². The Labute approximate surface area is 118 Å². The van der Waals surface area contributed by atoms with Crippen LogP contribution in [0, 0.1) is 0 Å². The van der Waals surface area contributed by atoms with Gasteiger partial charge < -0.3 is 15.0 Å². The standard InChI is InChI=1S/C14H20N4O2/c1-2-15-13-7-6-10(16-17-13)14(19)18-8-9-20-12-5-3-4-11(12)18/h6-7,11-12H,2-5,8-9H2,1H3,(H,15,17). The van der Waals surface area contributed by atoms with E-state index in [0.717, 1.165) is 25.8 Å². The number of fused-ring (bicyclic) bond motifs is 1. The fraction of sp³-hybridized carbons (Fsp3) is 0.643. The van der Waals surface area contributed by atoms with Crippen molar-refractivity contribution in [2.75, 3.05) is 25.0 Å². The first-order valence-electron chi connectivity index (χ1n) is 7.29. The van der Waals surface area contributed by atoms with E-state index in [4.69, 9.17) is 4.74 Å². The molecular formula is C14H20N4O2. The van der Waals surface area contributed by atoms with Gasteiger partial charge in [-0.05, 0) is 38.3 Å². The van der Waals surface area contributed by atoms with Crippen molar-refractivity contribution in [1.82, 2.24) is 15.1 Å². The van der Waals surface area contributed by atoms with E-state index < -0.39 is 0 Å². The van der Waals surface area contributed by atoms with E-state index in [0.29, 0.717) is 24.7 Å². The lowest BCUT2D eigenvalue weighted by Crippen LogP contribution is -2.51. The number of nitrogens with zero attached hydrogens (tertiary/aromatic N) is 3. The van der Waals surface area contributed by atoms with Gasteiger partial charge in [0.05, 0.1) is 18.8 Å². The fourth-order valence-corrected chi connectivity index (χ4v) is 3.05. The number of morpholine rings is 1. The number of carbonyl (C=O) groups excluding carboxylic acids is 1. The number of nitrogens with one attached hydrogen (secondary N) is 1. The fourth-order valence-electron chi connectivity index (χ4n) is 3.05. The number of anilines is 1. The van der Waals surface area contributed by atoms with Crippen LogP contribution in [0.3, 0.4) is 0 Å². The summed E-state index contributed by atoms with van der Waals surface area (Å²) < 4.78 is 5.73. The van der Waals surface area contributed by atoms with Gasteiger partial charge in [-0.25, -0.2) is 0 Å². The molecule has 0 aromatic carbocycles. The molecule has 1 aromatic heterocycles. The van der Waals surface area contributed by atoms with Crippen molar-refractivity contribution in [1.29, 1.82) is 0 Å². The first kappa shape index (κ1) is 13.3. The molecule has 108 valence electrons. The summed E-state index contributed by atoms with van der Waals surface area (Å²) in [4.78, 5) is 14.5. The SMILES string of the molecule is CCNc1ccc(C(=O)N2CCOC3CCCC32)nn1. The molecule has 2 fully saturated rings. The summed E-state index contributed by atoms with van der Waals surface area (Å²) in [5, 5.41) is 11.1. The summed E-state index contributed by atoms with van der Waals surface area (Å²) in [6.45, 7) is 4.05. The minimum atomic E-state index is -0.0271. The molecule has 1 saturated heterocycles. The highest BCUT2D eigenvalue weighted by atomic mass is 16.5. The van der Waals surface area contributed by atoms with Crippen LogP contribution in [-0.4, -0.2) is 52.8 Å². The van der Waals surface area contributed by atoms with Gasteiger partial charge in [0.25, 0.3) is 5.91 Å². The predicted octanol–water partition coefficient (Wildman–Crippen LogP) is 1.30. The summed E-state index contributed by atoms with van der Waals surface area (Å²) >= 11 is 0. The van der Waals surface area contributed by atoms with E-state index in [1.54, 1.807) is 12.1 Å². The number of amides is 1. The average Bonchev–Trinajstić information content (AvgIpc) is 2.96. The van der Waals surface area contributed by atoms with Crippen LogP contribution in [0.1, 0.15) is 36.7 Å². The van der Waals surface area contributed by atoms with Gasteiger partial charge in [-0.2, -0.15) is 0 Å². The summed E-state index contributed by atoms with van der Waals surface area (Å²) in [6, 6.07) is 3.76. The number of hydrogen-bond acceptors (Lipinski definition) is 5. The summed E-state index contributed by atoms with van der Waals surface area (Å²) in [5.41, 5.74) is 0.416. The Morgan fingerprint density at radius 3 is 3.10 bits per heavy atom. The number of aromatic nitrogens is 2. The Bertz CT molecular complexity index is 477. The molecule has 1 aliphatic carbocycles. The molecule has 2 atom stereocenters. The van der Waals surface area contributed by atoms with Gasteiger partial charge in [-0.1, -0.05) is 0 Å². The summed E-state index contributed by atoms with van der Waals surface area (Å²) in [7, 11) is 0. The smallest absolute Gasteiger partial charge is 0.274 e. The largest absolute Gasteiger partial charge is 0.374 e. The Hall–Kier alpha value is -1.69. The van der Waals surface area contributed by atoms with Crippen molar-refractivity contribution in [3.63, 3.8) is 0 Å². The highest BCUT2D eigenvalue weighted by Crippen LogP contribution is 2.30. The highest BCUT2D eigenvalue weighted by Gasteiger charge is 2.38. The van der Waals surface area contributed by atoms with Gasteiger partial charge in [-0.15, -0.1) is 10.2 Å². The number of hydrogen-bond donors (Lipinski definition) is 1. The lowest BCUT2D eigenvalue weighted by atomic mass is 10.1. The molecule has 20 heavy (non-hydrogen) atoms. The number of carbonyl (C=O) groups is 1. The molecule has 6 heteroatoms. The van der Waals surface area contributed by atoms with Crippen LogP contribution in [-0.2, 0) is 4.74 Å². The zero-order valence-electron chi connectivity index (χ0n) is 11.7. The zero-order chi connectivity index (χ0) is 13.9. The third-order valence-electron chi connectivity index (χ3n) is 3.98. The van der Waals surface area contributed by atoms with Crippen molar-refractivity contribution in [2.24, 2.45) is 0 Å². The van der Waals surface area contributed by atoms with E-state index in [-0.39, 0.29) is 18.1 Å². The second-order valence-electron chi connectivity index (χ2n) is 5.24. The van der Waals surface area contributed by atoms with Crippen LogP contribution in [0.15, 0.2) is 12.1 Å². The molecule has 6 nitrogen and oxygen atoms in total.